The summed E-state index contributed by atoms with van der Waals surface area (Å²) in [6.45, 7) is 2.73. The number of hydrogen-bond acceptors (Lipinski definition) is 3. The lowest BCUT2D eigenvalue weighted by molar-refractivity contribution is 0.0953. The van der Waals surface area contributed by atoms with Crippen molar-refractivity contribution in [2.75, 3.05) is 12.3 Å². The van der Waals surface area contributed by atoms with Crippen LogP contribution in [0, 0.1) is 12.8 Å². The fourth-order valence-electron chi connectivity index (χ4n) is 1.87. The van der Waals surface area contributed by atoms with Gasteiger partial charge in [-0.2, -0.15) is 0 Å². The first kappa shape index (κ1) is 11.5. The minimum absolute atomic E-state index is 0.0177. The van der Waals surface area contributed by atoms with Crippen molar-refractivity contribution in [3.63, 3.8) is 0 Å². The molecule has 3 nitrogen and oxygen atoms in total. The molecular formula is C12H18N2OS. The Balaban J connectivity index is 1.78. The number of rotatable bonds is 4. The molecule has 1 aliphatic carbocycles. The van der Waals surface area contributed by atoms with Crippen molar-refractivity contribution in [1.29, 1.82) is 0 Å². The van der Waals surface area contributed by atoms with Gasteiger partial charge in [0, 0.05) is 17.1 Å². The molecule has 88 valence electrons. The number of aryl methyl sites for hydroxylation is 1. The number of nitrogens with one attached hydrogen (secondary N) is 1. The summed E-state index contributed by atoms with van der Waals surface area (Å²) in [4.78, 5) is 13.5. The van der Waals surface area contributed by atoms with E-state index < -0.39 is 0 Å². The highest BCUT2D eigenvalue weighted by Crippen LogP contribution is 2.29. The fourth-order valence-corrected chi connectivity index (χ4v) is 2.72. The molecule has 0 aliphatic heterocycles. The third-order valence-electron chi connectivity index (χ3n) is 3.24. The zero-order valence-electron chi connectivity index (χ0n) is 9.58. The first-order chi connectivity index (χ1) is 7.66. The molecule has 0 unspecified atom stereocenters. The second-order valence-corrected chi connectivity index (χ2v) is 5.72. The van der Waals surface area contributed by atoms with Crippen LogP contribution in [0.1, 0.15) is 40.2 Å². The van der Waals surface area contributed by atoms with Gasteiger partial charge in [0.05, 0.1) is 4.88 Å². The number of anilines is 1. The van der Waals surface area contributed by atoms with Crippen molar-refractivity contribution in [2.45, 2.75) is 32.6 Å². The fraction of sp³-hybridized carbons (Fsp3) is 0.583. The van der Waals surface area contributed by atoms with Gasteiger partial charge in [-0.05, 0) is 25.3 Å². The van der Waals surface area contributed by atoms with Gasteiger partial charge in [-0.15, -0.1) is 11.3 Å². The normalized spacial score (nSPS) is 15.8. The maximum atomic E-state index is 11.7. The number of nitrogen functional groups attached to an aromatic ring is 1. The molecule has 0 radical (unpaired) electrons. The summed E-state index contributed by atoms with van der Waals surface area (Å²) >= 11 is 1.46. The van der Waals surface area contributed by atoms with Crippen LogP contribution in [0.3, 0.4) is 0 Å². The number of thiophene rings is 1. The summed E-state index contributed by atoms with van der Waals surface area (Å²) in [7, 11) is 0. The van der Waals surface area contributed by atoms with E-state index in [1.165, 1.54) is 30.6 Å². The molecule has 1 aromatic rings. The van der Waals surface area contributed by atoms with Gasteiger partial charge in [-0.1, -0.05) is 19.3 Å². The predicted octanol–water partition coefficient (Wildman–Crippen LogP) is 2.56. The average Bonchev–Trinajstić information content (AvgIpc) is 2.51. The molecule has 1 fully saturated rings. The molecule has 0 atom stereocenters. The zero-order chi connectivity index (χ0) is 11.5. The van der Waals surface area contributed by atoms with Crippen LogP contribution < -0.4 is 11.1 Å². The van der Waals surface area contributed by atoms with Crippen molar-refractivity contribution in [1.82, 2.24) is 5.32 Å². The van der Waals surface area contributed by atoms with Crippen molar-refractivity contribution in [2.24, 2.45) is 5.92 Å². The lowest BCUT2D eigenvalue weighted by atomic mass is 9.83. The van der Waals surface area contributed by atoms with Crippen molar-refractivity contribution >= 4 is 22.9 Å². The summed E-state index contributed by atoms with van der Waals surface area (Å²) in [5.41, 5.74) is 6.43. The number of amides is 1. The van der Waals surface area contributed by atoms with Crippen LogP contribution in [0.2, 0.25) is 0 Å². The molecule has 0 aromatic carbocycles. The topological polar surface area (TPSA) is 55.1 Å². The number of carbonyl (C=O) groups is 1. The van der Waals surface area contributed by atoms with E-state index in [9.17, 15) is 4.79 Å². The Morgan fingerprint density at radius 3 is 2.88 bits per heavy atom. The Morgan fingerprint density at radius 2 is 2.38 bits per heavy atom. The van der Waals surface area contributed by atoms with Crippen LogP contribution in [-0.2, 0) is 0 Å². The standard InChI is InChI=1S/C12H18N2OS/c1-8-10(13)7-11(16-8)12(15)14-6-5-9-3-2-4-9/h7,9H,2-6,13H2,1H3,(H,14,15). The zero-order valence-corrected chi connectivity index (χ0v) is 10.4. The monoisotopic (exact) mass is 238 g/mol. The lowest BCUT2D eigenvalue weighted by Crippen LogP contribution is -2.26. The van der Waals surface area contributed by atoms with Crippen LogP contribution in [0.5, 0.6) is 0 Å². The van der Waals surface area contributed by atoms with E-state index in [0.717, 1.165) is 28.6 Å². The van der Waals surface area contributed by atoms with Gasteiger partial charge in [-0.3, -0.25) is 4.79 Å². The van der Waals surface area contributed by atoms with E-state index in [4.69, 9.17) is 5.73 Å². The molecule has 2 rings (SSSR count). The van der Waals surface area contributed by atoms with Crippen molar-refractivity contribution in [3.05, 3.63) is 15.8 Å². The van der Waals surface area contributed by atoms with E-state index in [1.54, 1.807) is 6.07 Å². The van der Waals surface area contributed by atoms with Crippen molar-refractivity contribution in [3.8, 4) is 0 Å². The van der Waals surface area contributed by atoms with Crippen molar-refractivity contribution < 1.29 is 4.79 Å². The molecule has 1 saturated carbocycles. The Bertz CT molecular complexity index is 363. The van der Waals surface area contributed by atoms with E-state index in [2.05, 4.69) is 5.32 Å². The third-order valence-corrected chi connectivity index (χ3v) is 4.31. The van der Waals surface area contributed by atoms with Gasteiger partial charge in [0.2, 0.25) is 0 Å². The van der Waals surface area contributed by atoms with Crippen LogP contribution >= 0.6 is 11.3 Å². The molecule has 4 heteroatoms. The van der Waals surface area contributed by atoms with Gasteiger partial charge in [0.25, 0.3) is 5.91 Å². The Kier molecular flexibility index (Phi) is 3.49. The highest BCUT2D eigenvalue weighted by molar-refractivity contribution is 7.14. The van der Waals surface area contributed by atoms with Gasteiger partial charge >= 0.3 is 0 Å². The Labute approximate surface area is 100 Å². The predicted molar refractivity (Wildman–Crippen MR) is 67.8 cm³/mol. The molecular weight excluding hydrogens is 220 g/mol. The summed E-state index contributed by atoms with van der Waals surface area (Å²) < 4.78 is 0. The Hall–Kier alpha value is -1.03. The minimum atomic E-state index is 0.0177. The molecule has 1 aliphatic rings. The molecule has 0 bridgehead atoms. The smallest absolute Gasteiger partial charge is 0.261 e. The molecule has 1 heterocycles. The number of nitrogens with two attached hydrogens (primary N) is 1. The van der Waals surface area contributed by atoms with Gasteiger partial charge in [0.15, 0.2) is 0 Å². The largest absolute Gasteiger partial charge is 0.398 e. The van der Waals surface area contributed by atoms with Gasteiger partial charge in [-0.25, -0.2) is 0 Å². The summed E-state index contributed by atoms with van der Waals surface area (Å²) in [6, 6.07) is 1.76. The summed E-state index contributed by atoms with van der Waals surface area (Å²) in [5, 5.41) is 2.95. The van der Waals surface area contributed by atoms with Crippen LogP contribution in [0.25, 0.3) is 0 Å². The minimum Gasteiger partial charge on any atom is -0.398 e. The molecule has 16 heavy (non-hydrogen) atoms. The maximum absolute atomic E-state index is 11.7. The first-order valence-corrected chi connectivity index (χ1v) is 6.62. The SMILES string of the molecule is Cc1sc(C(=O)NCCC2CCC2)cc1N. The van der Waals surface area contributed by atoms with Crippen LogP contribution in [-0.4, -0.2) is 12.5 Å². The van der Waals surface area contributed by atoms with E-state index in [0.29, 0.717) is 5.69 Å². The van der Waals surface area contributed by atoms with Crippen LogP contribution in [0.4, 0.5) is 5.69 Å². The maximum Gasteiger partial charge on any atom is 0.261 e. The molecule has 0 spiro atoms. The third kappa shape index (κ3) is 2.55. The first-order valence-electron chi connectivity index (χ1n) is 5.81. The highest BCUT2D eigenvalue weighted by atomic mass is 32.1. The summed E-state index contributed by atoms with van der Waals surface area (Å²) in [5.74, 6) is 0.861. The Morgan fingerprint density at radius 1 is 1.62 bits per heavy atom. The number of hydrogen-bond donors (Lipinski definition) is 2. The van der Waals surface area contributed by atoms with E-state index in [-0.39, 0.29) is 5.91 Å². The second-order valence-electron chi connectivity index (χ2n) is 4.46. The molecule has 3 N–H and O–H groups in total. The average molecular weight is 238 g/mol. The van der Waals surface area contributed by atoms with Crippen LogP contribution in [0.15, 0.2) is 6.07 Å². The lowest BCUT2D eigenvalue weighted by Gasteiger charge is -2.24. The second kappa shape index (κ2) is 4.87. The molecule has 0 saturated heterocycles. The quantitative estimate of drug-likeness (QED) is 0.847. The molecule has 1 amide bonds. The highest BCUT2D eigenvalue weighted by Gasteiger charge is 2.17. The molecule has 1 aromatic heterocycles. The number of carbonyl (C=O) groups excluding carboxylic acids is 1. The summed E-state index contributed by atoms with van der Waals surface area (Å²) in [6.07, 6.45) is 5.15. The van der Waals surface area contributed by atoms with E-state index >= 15 is 0 Å². The van der Waals surface area contributed by atoms with Gasteiger partial charge < -0.3 is 11.1 Å². The van der Waals surface area contributed by atoms with E-state index in [1.807, 2.05) is 6.92 Å². The van der Waals surface area contributed by atoms with Gasteiger partial charge in [0.1, 0.15) is 0 Å².